The van der Waals surface area contributed by atoms with E-state index in [1.165, 1.54) is 23.5 Å². The number of carbonyl (C=O) groups is 1. The van der Waals surface area contributed by atoms with Crippen LogP contribution in [0.3, 0.4) is 0 Å². The Labute approximate surface area is 180 Å². The highest BCUT2D eigenvalue weighted by molar-refractivity contribution is 7.92. The molecule has 6 nitrogen and oxygen atoms in total. The van der Waals surface area contributed by atoms with Gasteiger partial charge in [-0.05, 0) is 73.5 Å². The van der Waals surface area contributed by atoms with Crippen LogP contribution in [0.25, 0.3) is 0 Å². The summed E-state index contributed by atoms with van der Waals surface area (Å²) >= 11 is 0. The monoisotopic (exact) mass is 440 g/mol. The first kappa shape index (κ1) is 20.9. The molecule has 31 heavy (non-hydrogen) atoms. The fraction of sp³-hybridized carbons (Fsp3) is 0.174. The Morgan fingerprint density at radius 2 is 1.81 bits per heavy atom. The number of fused-ring (bicyclic) bond motifs is 1. The Hall–Kier alpha value is -3.39. The van der Waals surface area contributed by atoms with Crippen LogP contribution in [-0.2, 0) is 16.4 Å². The highest BCUT2D eigenvalue weighted by Gasteiger charge is 2.36. The van der Waals surface area contributed by atoms with E-state index in [9.17, 15) is 17.6 Å². The number of sulfonamides is 1. The lowest BCUT2D eigenvalue weighted by Gasteiger charge is -2.24. The lowest BCUT2D eigenvalue weighted by atomic mass is 10.1. The number of para-hydroxylation sites is 2. The molecule has 3 aromatic rings. The third-order valence-electron chi connectivity index (χ3n) is 5.22. The number of nitrogens with one attached hydrogen (secondary N) is 1. The van der Waals surface area contributed by atoms with Crippen LogP contribution in [0.1, 0.15) is 22.8 Å². The van der Waals surface area contributed by atoms with E-state index in [-0.39, 0.29) is 16.8 Å². The Morgan fingerprint density at radius 1 is 1.10 bits per heavy atom. The maximum absolute atomic E-state index is 13.2. The van der Waals surface area contributed by atoms with Gasteiger partial charge in [0.1, 0.15) is 11.6 Å². The number of hydrogen-bond acceptors (Lipinski definition) is 4. The number of halogens is 1. The zero-order chi connectivity index (χ0) is 22.2. The standard InChI is InChI=1S/C23H21FN2O4S/c1-15-13-17-14-16(23(27)25-20-5-3-4-6-22(20)30-2)7-12-21(17)26(15)31(28,29)19-10-8-18(24)9-11-19/h3-12,14-15H,13H2,1-2H3,(H,25,27)/t15-/m0/s1. The minimum atomic E-state index is -3.86. The van der Waals surface area contributed by atoms with E-state index in [1.807, 2.05) is 0 Å². The molecule has 1 heterocycles. The second-order valence-electron chi connectivity index (χ2n) is 7.31. The largest absolute Gasteiger partial charge is 0.495 e. The Balaban J connectivity index is 1.63. The first-order chi connectivity index (χ1) is 14.8. The van der Waals surface area contributed by atoms with Gasteiger partial charge < -0.3 is 10.1 Å². The second-order valence-corrected chi connectivity index (χ2v) is 9.12. The minimum Gasteiger partial charge on any atom is -0.495 e. The molecule has 0 aliphatic carbocycles. The van der Waals surface area contributed by atoms with Gasteiger partial charge in [-0.25, -0.2) is 12.8 Å². The van der Waals surface area contributed by atoms with E-state index in [1.54, 1.807) is 49.4 Å². The van der Waals surface area contributed by atoms with Crippen molar-refractivity contribution in [3.05, 3.63) is 83.7 Å². The molecule has 1 atom stereocenters. The Bertz CT molecular complexity index is 1240. The number of amides is 1. The maximum Gasteiger partial charge on any atom is 0.264 e. The van der Waals surface area contributed by atoms with Crippen LogP contribution < -0.4 is 14.4 Å². The van der Waals surface area contributed by atoms with Crippen molar-refractivity contribution in [3.8, 4) is 5.75 Å². The molecule has 0 spiro atoms. The van der Waals surface area contributed by atoms with Crippen molar-refractivity contribution < 1.29 is 22.3 Å². The zero-order valence-corrected chi connectivity index (χ0v) is 17.8. The molecule has 1 N–H and O–H groups in total. The number of methoxy groups -OCH3 is 1. The fourth-order valence-electron chi connectivity index (χ4n) is 3.77. The summed E-state index contributed by atoms with van der Waals surface area (Å²) in [4.78, 5) is 12.8. The lowest BCUT2D eigenvalue weighted by Crippen LogP contribution is -2.35. The molecule has 160 valence electrons. The number of rotatable bonds is 5. The van der Waals surface area contributed by atoms with Gasteiger partial charge in [0.05, 0.1) is 23.4 Å². The van der Waals surface area contributed by atoms with Gasteiger partial charge in [0, 0.05) is 11.6 Å². The van der Waals surface area contributed by atoms with Gasteiger partial charge in [-0.2, -0.15) is 0 Å². The molecular formula is C23H21FN2O4S. The summed E-state index contributed by atoms with van der Waals surface area (Å²) in [6.45, 7) is 1.80. The van der Waals surface area contributed by atoms with Crippen molar-refractivity contribution in [1.82, 2.24) is 0 Å². The fourth-order valence-corrected chi connectivity index (χ4v) is 5.47. The predicted molar refractivity (Wildman–Crippen MR) is 117 cm³/mol. The quantitative estimate of drug-likeness (QED) is 0.644. The number of anilines is 2. The summed E-state index contributed by atoms with van der Waals surface area (Å²) in [6, 6.07) is 16.4. The van der Waals surface area contributed by atoms with Gasteiger partial charge in [0.25, 0.3) is 15.9 Å². The topological polar surface area (TPSA) is 75.7 Å². The Morgan fingerprint density at radius 3 is 2.52 bits per heavy atom. The van der Waals surface area contributed by atoms with E-state index < -0.39 is 15.8 Å². The summed E-state index contributed by atoms with van der Waals surface area (Å²) in [7, 11) is -2.33. The first-order valence-corrected chi connectivity index (χ1v) is 11.1. The average molecular weight is 440 g/mol. The molecule has 3 aromatic carbocycles. The summed E-state index contributed by atoms with van der Waals surface area (Å²) in [5.74, 6) is -0.276. The molecule has 0 bridgehead atoms. The van der Waals surface area contributed by atoms with Gasteiger partial charge in [-0.1, -0.05) is 12.1 Å². The van der Waals surface area contributed by atoms with Crippen LogP contribution in [-0.4, -0.2) is 27.5 Å². The second kappa shape index (κ2) is 8.03. The van der Waals surface area contributed by atoms with E-state index in [2.05, 4.69) is 5.32 Å². The third kappa shape index (κ3) is 3.86. The number of ether oxygens (including phenoxy) is 1. The molecule has 0 aromatic heterocycles. The number of benzene rings is 3. The zero-order valence-electron chi connectivity index (χ0n) is 17.0. The van der Waals surface area contributed by atoms with Gasteiger partial charge in [0.2, 0.25) is 0 Å². The maximum atomic E-state index is 13.2. The smallest absolute Gasteiger partial charge is 0.264 e. The van der Waals surface area contributed by atoms with Crippen LogP contribution in [0.2, 0.25) is 0 Å². The average Bonchev–Trinajstić information content (AvgIpc) is 3.10. The van der Waals surface area contributed by atoms with Crippen LogP contribution in [0.15, 0.2) is 71.6 Å². The van der Waals surface area contributed by atoms with E-state index >= 15 is 0 Å². The summed E-state index contributed by atoms with van der Waals surface area (Å²) in [5.41, 5.74) is 2.23. The minimum absolute atomic E-state index is 0.0200. The first-order valence-electron chi connectivity index (χ1n) is 9.68. The van der Waals surface area contributed by atoms with Crippen molar-refractivity contribution in [2.24, 2.45) is 0 Å². The molecule has 0 fully saturated rings. The normalized spacial score (nSPS) is 15.5. The SMILES string of the molecule is COc1ccccc1NC(=O)c1ccc2c(c1)C[C@H](C)N2S(=O)(=O)c1ccc(F)cc1. The highest BCUT2D eigenvalue weighted by Crippen LogP contribution is 2.37. The summed E-state index contributed by atoms with van der Waals surface area (Å²) in [6.07, 6.45) is 0.464. The molecule has 0 saturated heterocycles. The number of carbonyl (C=O) groups excluding carboxylic acids is 1. The van der Waals surface area contributed by atoms with Gasteiger partial charge >= 0.3 is 0 Å². The highest BCUT2D eigenvalue weighted by atomic mass is 32.2. The van der Waals surface area contributed by atoms with Crippen LogP contribution in [0.4, 0.5) is 15.8 Å². The molecule has 4 rings (SSSR count). The van der Waals surface area contributed by atoms with E-state index in [0.717, 1.165) is 17.7 Å². The number of nitrogens with zero attached hydrogens (tertiary/aromatic N) is 1. The van der Waals surface area contributed by atoms with Crippen molar-refractivity contribution in [2.75, 3.05) is 16.7 Å². The van der Waals surface area contributed by atoms with Crippen molar-refractivity contribution in [3.63, 3.8) is 0 Å². The van der Waals surface area contributed by atoms with E-state index in [4.69, 9.17) is 4.74 Å². The van der Waals surface area contributed by atoms with Gasteiger partial charge in [-0.15, -0.1) is 0 Å². The van der Waals surface area contributed by atoms with Gasteiger partial charge in [-0.3, -0.25) is 9.10 Å². The molecule has 0 saturated carbocycles. The molecule has 1 aliphatic rings. The number of hydrogen-bond donors (Lipinski definition) is 1. The summed E-state index contributed by atoms with van der Waals surface area (Å²) in [5, 5.41) is 2.82. The summed E-state index contributed by atoms with van der Waals surface area (Å²) < 4.78 is 46.1. The predicted octanol–water partition coefficient (Wildman–Crippen LogP) is 4.23. The molecule has 0 radical (unpaired) electrons. The van der Waals surface area contributed by atoms with Gasteiger partial charge in [0.15, 0.2) is 0 Å². The van der Waals surface area contributed by atoms with Crippen molar-refractivity contribution in [2.45, 2.75) is 24.3 Å². The van der Waals surface area contributed by atoms with Crippen LogP contribution >= 0.6 is 0 Å². The molecular weight excluding hydrogens is 419 g/mol. The third-order valence-corrected chi connectivity index (χ3v) is 7.16. The molecule has 0 unspecified atom stereocenters. The van der Waals surface area contributed by atoms with Crippen LogP contribution in [0, 0.1) is 5.82 Å². The lowest BCUT2D eigenvalue weighted by molar-refractivity contribution is 0.102. The molecule has 1 aliphatic heterocycles. The Kier molecular flexibility index (Phi) is 5.41. The molecule has 1 amide bonds. The molecule has 8 heteroatoms. The van der Waals surface area contributed by atoms with Crippen molar-refractivity contribution >= 4 is 27.3 Å². The van der Waals surface area contributed by atoms with Crippen molar-refractivity contribution in [1.29, 1.82) is 0 Å². The van der Waals surface area contributed by atoms with E-state index in [0.29, 0.717) is 29.1 Å². The van der Waals surface area contributed by atoms with Crippen LogP contribution in [0.5, 0.6) is 5.75 Å².